The van der Waals surface area contributed by atoms with Gasteiger partial charge < -0.3 is 4.74 Å². The fourth-order valence-electron chi connectivity index (χ4n) is 2.23. The van der Waals surface area contributed by atoms with Gasteiger partial charge in [0.1, 0.15) is 11.1 Å². The SMILES string of the molecule is COc1ccc(C2SCC(=O)N2NC(=O)c2cccnc2)cc1. The number of nitrogens with one attached hydrogen (secondary N) is 1. The summed E-state index contributed by atoms with van der Waals surface area (Å²) in [5, 5.41) is 1.12. The summed E-state index contributed by atoms with van der Waals surface area (Å²) in [6, 6.07) is 10.8. The van der Waals surface area contributed by atoms with Gasteiger partial charge in [-0.25, -0.2) is 5.01 Å². The van der Waals surface area contributed by atoms with Crippen molar-refractivity contribution >= 4 is 23.6 Å². The Labute approximate surface area is 137 Å². The van der Waals surface area contributed by atoms with E-state index in [2.05, 4.69) is 10.4 Å². The lowest BCUT2D eigenvalue weighted by atomic mass is 10.2. The normalized spacial score (nSPS) is 17.2. The molecule has 1 aromatic carbocycles. The first-order valence-corrected chi connectivity index (χ1v) is 8.02. The van der Waals surface area contributed by atoms with Gasteiger partial charge in [0.25, 0.3) is 11.8 Å². The maximum absolute atomic E-state index is 12.2. The second-order valence-electron chi connectivity index (χ2n) is 4.88. The van der Waals surface area contributed by atoms with Gasteiger partial charge in [-0.3, -0.25) is 20.0 Å². The Hall–Kier alpha value is -2.54. The lowest BCUT2D eigenvalue weighted by Gasteiger charge is -2.24. The van der Waals surface area contributed by atoms with Crippen LogP contribution in [0.25, 0.3) is 0 Å². The molecule has 0 saturated carbocycles. The van der Waals surface area contributed by atoms with Crippen LogP contribution in [0.1, 0.15) is 21.3 Å². The van der Waals surface area contributed by atoms with Crippen molar-refractivity contribution in [1.29, 1.82) is 0 Å². The molecule has 0 radical (unpaired) electrons. The first-order valence-electron chi connectivity index (χ1n) is 6.97. The Morgan fingerprint density at radius 3 is 2.78 bits per heavy atom. The number of carbonyl (C=O) groups excluding carboxylic acids is 2. The van der Waals surface area contributed by atoms with Crippen molar-refractivity contribution in [3.63, 3.8) is 0 Å². The van der Waals surface area contributed by atoms with Crippen LogP contribution >= 0.6 is 11.8 Å². The molecule has 2 aromatic rings. The number of aromatic nitrogens is 1. The highest BCUT2D eigenvalue weighted by atomic mass is 32.2. The Balaban J connectivity index is 1.78. The average molecular weight is 329 g/mol. The molecule has 0 aliphatic carbocycles. The van der Waals surface area contributed by atoms with Crippen LogP contribution in [0.15, 0.2) is 48.8 Å². The monoisotopic (exact) mass is 329 g/mol. The van der Waals surface area contributed by atoms with Gasteiger partial charge >= 0.3 is 0 Å². The van der Waals surface area contributed by atoms with Gasteiger partial charge in [-0.2, -0.15) is 0 Å². The van der Waals surface area contributed by atoms with Crippen LogP contribution in [0.2, 0.25) is 0 Å². The Kier molecular flexibility index (Phi) is 4.47. The second kappa shape index (κ2) is 6.70. The number of hydrogen-bond donors (Lipinski definition) is 1. The number of thioether (sulfide) groups is 1. The lowest BCUT2D eigenvalue weighted by Crippen LogP contribution is -2.44. The number of amides is 2. The third-order valence-corrected chi connectivity index (χ3v) is 4.63. The van der Waals surface area contributed by atoms with Gasteiger partial charge in [0.05, 0.1) is 18.4 Å². The number of nitrogens with zero attached hydrogens (tertiary/aromatic N) is 2. The van der Waals surface area contributed by atoms with E-state index < -0.39 is 0 Å². The van der Waals surface area contributed by atoms with Crippen LogP contribution in [0, 0.1) is 0 Å². The molecule has 2 heterocycles. The number of methoxy groups -OCH3 is 1. The topological polar surface area (TPSA) is 71.5 Å². The molecule has 1 fully saturated rings. The Morgan fingerprint density at radius 1 is 1.35 bits per heavy atom. The summed E-state index contributed by atoms with van der Waals surface area (Å²) in [6.07, 6.45) is 3.05. The van der Waals surface area contributed by atoms with E-state index in [0.717, 1.165) is 11.3 Å². The summed E-state index contributed by atoms with van der Waals surface area (Å²) in [4.78, 5) is 28.3. The van der Waals surface area contributed by atoms with Crippen LogP contribution in [-0.4, -0.2) is 34.7 Å². The highest BCUT2D eigenvalue weighted by molar-refractivity contribution is 8.00. The molecule has 1 saturated heterocycles. The third-order valence-electron chi connectivity index (χ3n) is 3.41. The fourth-order valence-corrected chi connectivity index (χ4v) is 3.34. The van der Waals surface area contributed by atoms with Crippen molar-refractivity contribution in [2.24, 2.45) is 0 Å². The molecule has 0 bridgehead atoms. The molecule has 3 rings (SSSR count). The van der Waals surface area contributed by atoms with Gasteiger partial charge in [-0.1, -0.05) is 12.1 Å². The third kappa shape index (κ3) is 3.29. The summed E-state index contributed by atoms with van der Waals surface area (Å²) in [5.41, 5.74) is 4.01. The van der Waals surface area contributed by atoms with Gasteiger partial charge in [0.15, 0.2) is 0 Å². The summed E-state index contributed by atoms with van der Waals surface area (Å²) < 4.78 is 5.14. The Bertz CT molecular complexity index is 706. The van der Waals surface area contributed by atoms with E-state index in [1.54, 1.807) is 25.4 Å². The zero-order chi connectivity index (χ0) is 16.2. The number of benzene rings is 1. The number of rotatable bonds is 4. The molecular formula is C16H15N3O3S. The maximum atomic E-state index is 12.2. The molecule has 1 aromatic heterocycles. The van der Waals surface area contributed by atoms with Crippen molar-refractivity contribution in [1.82, 2.24) is 15.4 Å². The number of hydrogen-bond acceptors (Lipinski definition) is 5. The molecule has 23 heavy (non-hydrogen) atoms. The maximum Gasteiger partial charge on any atom is 0.271 e. The predicted octanol–water partition coefficient (Wildman–Crippen LogP) is 2.01. The molecule has 6 nitrogen and oxygen atoms in total. The van der Waals surface area contributed by atoms with Crippen molar-refractivity contribution in [2.75, 3.05) is 12.9 Å². The first kappa shape index (κ1) is 15.4. The fraction of sp³-hybridized carbons (Fsp3) is 0.188. The quantitative estimate of drug-likeness (QED) is 0.929. The summed E-state index contributed by atoms with van der Waals surface area (Å²) in [5.74, 6) is 0.582. The minimum atomic E-state index is -0.354. The molecular weight excluding hydrogens is 314 g/mol. The number of carbonyl (C=O) groups is 2. The standard InChI is InChI=1S/C16H15N3O3S/c1-22-13-6-4-11(5-7-13)16-19(14(20)10-23-16)18-15(21)12-3-2-8-17-9-12/h2-9,16H,10H2,1H3,(H,18,21). The molecule has 1 atom stereocenters. The predicted molar refractivity (Wildman–Crippen MR) is 86.7 cm³/mol. The van der Waals surface area contributed by atoms with Crippen molar-refractivity contribution < 1.29 is 14.3 Å². The largest absolute Gasteiger partial charge is 0.497 e. The highest BCUT2D eigenvalue weighted by Crippen LogP contribution is 2.37. The lowest BCUT2D eigenvalue weighted by molar-refractivity contribution is -0.130. The summed E-state index contributed by atoms with van der Waals surface area (Å²) in [6.45, 7) is 0. The minimum absolute atomic E-state index is 0.131. The molecule has 7 heteroatoms. The Morgan fingerprint density at radius 2 is 2.13 bits per heavy atom. The van der Waals surface area contributed by atoms with Crippen LogP contribution in [0.3, 0.4) is 0 Å². The number of pyridine rings is 1. The highest BCUT2D eigenvalue weighted by Gasteiger charge is 2.34. The average Bonchev–Trinajstić information content (AvgIpc) is 2.96. The van der Waals surface area contributed by atoms with Gasteiger partial charge in [-0.05, 0) is 29.8 Å². The van der Waals surface area contributed by atoms with Crippen LogP contribution in [0.5, 0.6) is 5.75 Å². The molecule has 1 aliphatic rings. The van der Waals surface area contributed by atoms with Crippen LogP contribution < -0.4 is 10.2 Å². The van der Waals surface area contributed by atoms with E-state index in [1.807, 2.05) is 24.3 Å². The van der Waals surface area contributed by atoms with E-state index in [4.69, 9.17) is 4.74 Å². The molecule has 118 valence electrons. The number of hydrazine groups is 1. The van der Waals surface area contributed by atoms with Gasteiger partial charge in [0, 0.05) is 12.4 Å². The van der Waals surface area contributed by atoms with Gasteiger partial charge in [-0.15, -0.1) is 11.8 Å². The van der Waals surface area contributed by atoms with E-state index in [1.165, 1.54) is 23.0 Å². The van der Waals surface area contributed by atoms with Crippen molar-refractivity contribution in [3.05, 3.63) is 59.9 Å². The van der Waals surface area contributed by atoms with Crippen LogP contribution in [-0.2, 0) is 4.79 Å². The van der Waals surface area contributed by atoms with E-state index in [-0.39, 0.29) is 17.2 Å². The van der Waals surface area contributed by atoms with Crippen LogP contribution in [0.4, 0.5) is 0 Å². The second-order valence-corrected chi connectivity index (χ2v) is 5.95. The van der Waals surface area contributed by atoms with Gasteiger partial charge in [0.2, 0.25) is 0 Å². The smallest absolute Gasteiger partial charge is 0.271 e. The first-order chi connectivity index (χ1) is 11.2. The zero-order valence-corrected chi connectivity index (χ0v) is 13.2. The van der Waals surface area contributed by atoms with E-state index in [9.17, 15) is 9.59 Å². The van der Waals surface area contributed by atoms with Crippen molar-refractivity contribution in [3.8, 4) is 5.75 Å². The zero-order valence-electron chi connectivity index (χ0n) is 12.4. The van der Waals surface area contributed by atoms with E-state index >= 15 is 0 Å². The van der Waals surface area contributed by atoms with Crippen molar-refractivity contribution in [2.45, 2.75) is 5.37 Å². The number of ether oxygens (including phenoxy) is 1. The minimum Gasteiger partial charge on any atom is -0.497 e. The molecule has 1 aliphatic heterocycles. The van der Waals surface area contributed by atoms with E-state index in [0.29, 0.717) is 11.3 Å². The summed E-state index contributed by atoms with van der Waals surface area (Å²) >= 11 is 1.47. The molecule has 2 amide bonds. The molecule has 1 unspecified atom stereocenters. The molecule has 1 N–H and O–H groups in total. The summed E-state index contributed by atoms with van der Waals surface area (Å²) in [7, 11) is 1.60. The molecule has 0 spiro atoms.